The summed E-state index contributed by atoms with van der Waals surface area (Å²) in [6, 6.07) is 7.46. The van der Waals surface area contributed by atoms with Crippen LogP contribution >= 0.6 is 0 Å². The van der Waals surface area contributed by atoms with Gasteiger partial charge in [-0.15, -0.1) is 0 Å². The maximum absolute atomic E-state index is 5.69. The summed E-state index contributed by atoms with van der Waals surface area (Å²) in [4.78, 5) is 2.66. The first-order valence-electron chi connectivity index (χ1n) is 7.27. The lowest BCUT2D eigenvalue weighted by Gasteiger charge is -2.35. The molecule has 0 spiro atoms. The Morgan fingerprint density at radius 2 is 2.17 bits per heavy atom. The number of rotatable bonds is 4. The summed E-state index contributed by atoms with van der Waals surface area (Å²) in [5.41, 5.74) is 9.78. The number of nitrogens with zero attached hydrogens (tertiary/aromatic N) is 1. The number of benzene rings is 1. The second kappa shape index (κ2) is 6.35. The largest absolute Gasteiger partial charge is 0.326 e. The van der Waals surface area contributed by atoms with Crippen molar-refractivity contribution in [2.45, 2.75) is 58.7 Å². The second-order valence-corrected chi connectivity index (χ2v) is 5.49. The minimum absolute atomic E-state index is 0.641. The minimum Gasteiger partial charge on any atom is -0.326 e. The van der Waals surface area contributed by atoms with Crippen molar-refractivity contribution >= 4 is 0 Å². The predicted molar refractivity (Wildman–Crippen MR) is 77.4 cm³/mol. The van der Waals surface area contributed by atoms with Crippen LogP contribution in [0, 0.1) is 6.92 Å². The molecular formula is C16H26N2. The van der Waals surface area contributed by atoms with E-state index >= 15 is 0 Å². The highest BCUT2D eigenvalue weighted by molar-refractivity contribution is 5.31. The first kappa shape index (κ1) is 13.6. The molecule has 1 aromatic rings. The first-order valence-corrected chi connectivity index (χ1v) is 7.27. The number of hydrogen-bond donors (Lipinski definition) is 1. The molecule has 0 aliphatic carbocycles. The summed E-state index contributed by atoms with van der Waals surface area (Å²) >= 11 is 0. The topological polar surface area (TPSA) is 29.3 Å². The van der Waals surface area contributed by atoms with Crippen molar-refractivity contribution in [3.05, 3.63) is 34.9 Å². The molecular weight excluding hydrogens is 220 g/mol. The highest BCUT2D eigenvalue weighted by Crippen LogP contribution is 2.23. The SMILES string of the molecule is CCC1CCCCN1Cc1ccc(CN)cc1C. The van der Waals surface area contributed by atoms with Gasteiger partial charge in [0.1, 0.15) is 0 Å². The number of aryl methyl sites for hydroxylation is 1. The van der Waals surface area contributed by atoms with Gasteiger partial charge in [-0.3, -0.25) is 4.90 Å². The van der Waals surface area contributed by atoms with Gasteiger partial charge < -0.3 is 5.73 Å². The molecule has 0 radical (unpaired) electrons. The minimum atomic E-state index is 0.641. The van der Waals surface area contributed by atoms with E-state index in [-0.39, 0.29) is 0 Å². The number of hydrogen-bond acceptors (Lipinski definition) is 2. The van der Waals surface area contributed by atoms with Crippen LogP contribution in [0.3, 0.4) is 0 Å². The standard InChI is InChI=1S/C16H26N2/c1-3-16-6-4-5-9-18(16)12-15-8-7-14(11-17)10-13(15)2/h7-8,10,16H,3-6,9,11-12,17H2,1-2H3. The van der Waals surface area contributed by atoms with Gasteiger partial charge >= 0.3 is 0 Å². The lowest BCUT2D eigenvalue weighted by Crippen LogP contribution is -2.38. The van der Waals surface area contributed by atoms with Gasteiger partial charge in [0.15, 0.2) is 0 Å². The van der Waals surface area contributed by atoms with Crippen LogP contribution in [0.2, 0.25) is 0 Å². The Labute approximate surface area is 111 Å². The molecule has 1 unspecified atom stereocenters. The fraction of sp³-hybridized carbons (Fsp3) is 0.625. The highest BCUT2D eigenvalue weighted by Gasteiger charge is 2.20. The molecule has 1 saturated heterocycles. The van der Waals surface area contributed by atoms with Crippen LogP contribution in [-0.2, 0) is 13.1 Å². The van der Waals surface area contributed by atoms with Crippen molar-refractivity contribution in [1.82, 2.24) is 4.90 Å². The van der Waals surface area contributed by atoms with Crippen LogP contribution in [0.15, 0.2) is 18.2 Å². The molecule has 0 amide bonds. The van der Waals surface area contributed by atoms with Crippen molar-refractivity contribution < 1.29 is 0 Å². The Kier molecular flexibility index (Phi) is 4.79. The van der Waals surface area contributed by atoms with E-state index in [1.165, 1.54) is 48.9 Å². The molecule has 0 aromatic heterocycles. The fourth-order valence-electron chi connectivity index (χ4n) is 3.01. The van der Waals surface area contributed by atoms with E-state index in [1.807, 2.05) is 0 Å². The second-order valence-electron chi connectivity index (χ2n) is 5.49. The van der Waals surface area contributed by atoms with Crippen LogP contribution in [0.1, 0.15) is 49.3 Å². The molecule has 2 N–H and O–H groups in total. The molecule has 1 atom stereocenters. The zero-order valence-corrected chi connectivity index (χ0v) is 11.8. The molecule has 1 heterocycles. The Hall–Kier alpha value is -0.860. The summed E-state index contributed by atoms with van der Waals surface area (Å²) in [5.74, 6) is 0. The maximum atomic E-state index is 5.69. The van der Waals surface area contributed by atoms with E-state index in [4.69, 9.17) is 5.73 Å². The quantitative estimate of drug-likeness (QED) is 0.884. The van der Waals surface area contributed by atoms with Gasteiger partial charge in [0.2, 0.25) is 0 Å². The van der Waals surface area contributed by atoms with E-state index < -0.39 is 0 Å². The summed E-state index contributed by atoms with van der Waals surface area (Å²) in [5, 5.41) is 0. The monoisotopic (exact) mass is 246 g/mol. The Morgan fingerprint density at radius 1 is 1.33 bits per heavy atom. The third kappa shape index (κ3) is 3.12. The third-order valence-electron chi connectivity index (χ3n) is 4.24. The van der Waals surface area contributed by atoms with Crippen LogP contribution in [0.25, 0.3) is 0 Å². The van der Waals surface area contributed by atoms with E-state index in [0.717, 1.165) is 12.6 Å². The zero-order chi connectivity index (χ0) is 13.0. The normalized spacial score (nSPS) is 21.2. The lowest BCUT2D eigenvalue weighted by atomic mass is 9.98. The van der Waals surface area contributed by atoms with Gasteiger partial charge in [0, 0.05) is 19.1 Å². The van der Waals surface area contributed by atoms with Crippen molar-refractivity contribution in [2.24, 2.45) is 5.73 Å². The molecule has 1 aromatic carbocycles. The molecule has 18 heavy (non-hydrogen) atoms. The van der Waals surface area contributed by atoms with Gasteiger partial charge in [-0.05, 0) is 49.4 Å². The third-order valence-corrected chi connectivity index (χ3v) is 4.24. The summed E-state index contributed by atoms with van der Waals surface area (Å²) in [6.45, 7) is 7.53. The molecule has 0 saturated carbocycles. The smallest absolute Gasteiger partial charge is 0.0239 e. The summed E-state index contributed by atoms with van der Waals surface area (Å²) in [6.07, 6.45) is 5.41. The van der Waals surface area contributed by atoms with Crippen LogP contribution < -0.4 is 5.73 Å². The van der Waals surface area contributed by atoms with Gasteiger partial charge in [-0.25, -0.2) is 0 Å². The van der Waals surface area contributed by atoms with Crippen molar-refractivity contribution in [3.8, 4) is 0 Å². The number of piperidine rings is 1. The van der Waals surface area contributed by atoms with E-state index in [2.05, 4.69) is 36.9 Å². The van der Waals surface area contributed by atoms with Gasteiger partial charge in [-0.1, -0.05) is 31.5 Å². The van der Waals surface area contributed by atoms with Crippen LogP contribution in [0.4, 0.5) is 0 Å². The van der Waals surface area contributed by atoms with Gasteiger partial charge in [0.05, 0.1) is 0 Å². The highest BCUT2D eigenvalue weighted by atomic mass is 15.2. The zero-order valence-electron chi connectivity index (χ0n) is 11.8. The first-order chi connectivity index (χ1) is 8.74. The Balaban J connectivity index is 2.07. The molecule has 1 aliphatic rings. The van der Waals surface area contributed by atoms with Crippen LogP contribution in [0.5, 0.6) is 0 Å². The van der Waals surface area contributed by atoms with E-state index in [1.54, 1.807) is 0 Å². The summed E-state index contributed by atoms with van der Waals surface area (Å²) < 4.78 is 0. The molecule has 2 nitrogen and oxygen atoms in total. The van der Waals surface area contributed by atoms with Crippen molar-refractivity contribution in [1.29, 1.82) is 0 Å². The average molecular weight is 246 g/mol. The molecule has 1 aliphatic heterocycles. The number of likely N-dealkylation sites (tertiary alicyclic amines) is 1. The summed E-state index contributed by atoms with van der Waals surface area (Å²) in [7, 11) is 0. The van der Waals surface area contributed by atoms with E-state index in [9.17, 15) is 0 Å². The fourth-order valence-corrected chi connectivity index (χ4v) is 3.01. The van der Waals surface area contributed by atoms with Crippen LogP contribution in [-0.4, -0.2) is 17.5 Å². The molecule has 1 fully saturated rings. The van der Waals surface area contributed by atoms with Crippen molar-refractivity contribution in [3.63, 3.8) is 0 Å². The van der Waals surface area contributed by atoms with Gasteiger partial charge in [0.25, 0.3) is 0 Å². The predicted octanol–water partition coefficient (Wildman–Crippen LogP) is 3.22. The molecule has 0 bridgehead atoms. The van der Waals surface area contributed by atoms with E-state index in [0.29, 0.717) is 6.54 Å². The average Bonchev–Trinajstić information content (AvgIpc) is 2.41. The maximum Gasteiger partial charge on any atom is 0.0239 e. The molecule has 2 rings (SSSR count). The Morgan fingerprint density at radius 3 is 2.83 bits per heavy atom. The van der Waals surface area contributed by atoms with Crippen molar-refractivity contribution in [2.75, 3.05) is 6.54 Å². The molecule has 2 heteroatoms. The van der Waals surface area contributed by atoms with Gasteiger partial charge in [-0.2, -0.15) is 0 Å². The Bertz CT molecular complexity index is 387. The lowest BCUT2D eigenvalue weighted by molar-refractivity contribution is 0.136. The molecule has 100 valence electrons. The number of nitrogens with two attached hydrogens (primary N) is 1.